The van der Waals surface area contributed by atoms with Gasteiger partial charge < -0.3 is 19.7 Å². The fourth-order valence-corrected chi connectivity index (χ4v) is 2.51. The summed E-state index contributed by atoms with van der Waals surface area (Å²) >= 11 is 0. The number of anilines is 1. The highest BCUT2D eigenvalue weighted by Gasteiger charge is 2.22. The molecule has 0 radical (unpaired) electrons. The van der Waals surface area contributed by atoms with Crippen LogP contribution < -0.4 is 10.1 Å². The van der Waals surface area contributed by atoms with Crippen LogP contribution in [0, 0.1) is 0 Å². The molecule has 2 aromatic rings. The lowest BCUT2D eigenvalue weighted by Crippen LogP contribution is -2.40. The first kappa shape index (κ1) is 20.4. The summed E-state index contributed by atoms with van der Waals surface area (Å²) in [6, 6.07) is 12.8. The van der Waals surface area contributed by atoms with Gasteiger partial charge in [0.15, 0.2) is 0 Å². The second kappa shape index (κ2) is 10.9. The molecule has 0 spiro atoms. The largest absolute Gasteiger partial charge is 0.481 e. The average molecular weight is 371 g/mol. The van der Waals surface area contributed by atoms with Crippen LogP contribution in [-0.2, 0) is 20.9 Å². The maximum absolute atomic E-state index is 12.7. The molecule has 2 amide bonds. The van der Waals surface area contributed by atoms with Crippen LogP contribution in [0.2, 0.25) is 0 Å². The van der Waals surface area contributed by atoms with Crippen LogP contribution in [0.3, 0.4) is 0 Å². The second-order valence-corrected chi connectivity index (χ2v) is 5.96. The smallest absolute Gasteiger partial charge is 0.313 e. The summed E-state index contributed by atoms with van der Waals surface area (Å²) in [5.41, 5.74) is 1.41. The summed E-state index contributed by atoms with van der Waals surface area (Å²) in [4.78, 5) is 30.6. The van der Waals surface area contributed by atoms with E-state index in [1.165, 1.54) is 13.3 Å². The highest BCUT2D eigenvalue weighted by atomic mass is 16.5. The molecule has 1 aromatic carbocycles. The van der Waals surface area contributed by atoms with Crippen molar-refractivity contribution in [3.05, 3.63) is 54.2 Å². The molecule has 1 heterocycles. The first-order chi connectivity index (χ1) is 13.1. The standard InChI is InChI=1S/C20H25N3O4/c1-26-13-7-6-12-23(15-16-8-4-3-5-9-16)20(25)19(24)22-17-10-11-18(27-2)21-14-17/h3-5,8-11,14H,6-7,12-13,15H2,1-2H3,(H,22,24). The first-order valence-electron chi connectivity index (χ1n) is 8.77. The van der Waals surface area contributed by atoms with Gasteiger partial charge in [-0.05, 0) is 24.5 Å². The fourth-order valence-electron chi connectivity index (χ4n) is 2.51. The van der Waals surface area contributed by atoms with Crippen LogP contribution in [0.25, 0.3) is 0 Å². The van der Waals surface area contributed by atoms with Crippen LogP contribution >= 0.6 is 0 Å². The Morgan fingerprint density at radius 3 is 2.48 bits per heavy atom. The number of carbonyl (C=O) groups is 2. The van der Waals surface area contributed by atoms with Gasteiger partial charge in [0, 0.05) is 32.9 Å². The quantitative estimate of drug-likeness (QED) is 0.541. The van der Waals surface area contributed by atoms with Crippen molar-refractivity contribution in [2.75, 3.05) is 32.7 Å². The number of hydrogen-bond donors (Lipinski definition) is 1. The molecule has 0 aliphatic rings. The van der Waals surface area contributed by atoms with Gasteiger partial charge in [-0.3, -0.25) is 9.59 Å². The van der Waals surface area contributed by atoms with Crippen molar-refractivity contribution in [2.45, 2.75) is 19.4 Å². The Labute approximate surface area is 159 Å². The van der Waals surface area contributed by atoms with Gasteiger partial charge in [0.1, 0.15) is 0 Å². The minimum Gasteiger partial charge on any atom is -0.481 e. The normalized spacial score (nSPS) is 10.3. The Morgan fingerprint density at radius 2 is 1.85 bits per heavy atom. The van der Waals surface area contributed by atoms with E-state index < -0.39 is 11.8 Å². The van der Waals surface area contributed by atoms with E-state index in [0.717, 1.165) is 18.4 Å². The number of pyridine rings is 1. The Bertz CT molecular complexity index is 720. The molecule has 0 atom stereocenters. The molecule has 0 aliphatic carbocycles. The average Bonchev–Trinajstić information content (AvgIpc) is 2.71. The highest BCUT2D eigenvalue weighted by Crippen LogP contribution is 2.12. The molecule has 0 unspecified atom stereocenters. The van der Waals surface area contributed by atoms with Gasteiger partial charge in [-0.1, -0.05) is 30.3 Å². The summed E-state index contributed by atoms with van der Waals surface area (Å²) in [5, 5.41) is 2.59. The Morgan fingerprint density at radius 1 is 1.07 bits per heavy atom. The highest BCUT2D eigenvalue weighted by molar-refractivity contribution is 6.39. The molecule has 2 rings (SSSR count). The van der Waals surface area contributed by atoms with Crippen molar-refractivity contribution >= 4 is 17.5 Å². The number of carbonyl (C=O) groups excluding carboxylic acids is 2. The van der Waals surface area contributed by atoms with Crippen LogP contribution in [-0.4, -0.2) is 49.1 Å². The lowest BCUT2D eigenvalue weighted by Gasteiger charge is -2.22. The number of benzene rings is 1. The first-order valence-corrected chi connectivity index (χ1v) is 8.77. The number of nitrogens with zero attached hydrogens (tertiary/aromatic N) is 2. The van der Waals surface area contributed by atoms with Crippen molar-refractivity contribution in [1.29, 1.82) is 0 Å². The van der Waals surface area contributed by atoms with E-state index in [2.05, 4.69) is 10.3 Å². The van der Waals surface area contributed by atoms with E-state index in [1.54, 1.807) is 24.1 Å². The lowest BCUT2D eigenvalue weighted by atomic mass is 10.2. The Hall–Kier alpha value is -2.93. The Kier molecular flexibility index (Phi) is 8.25. The maximum atomic E-state index is 12.7. The number of ether oxygens (including phenoxy) is 2. The zero-order chi connectivity index (χ0) is 19.5. The van der Waals surface area contributed by atoms with Gasteiger partial charge in [0.25, 0.3) is 0 Å². The number of rotatable bonds is 9. The van der Waals surface area contributed by atoms with E-state index in [9.17, 15) is 9.59 Å². The summed E-state index contributed by atoms with van der Waals surface area (Å²) in [7, 11) is 3.15. The molecule has 0 fully saturated rings. The van der Waals surface area contributed by atoms with E-state index in [1.807, 2.05) is 30.3 Å². The molecular weight excluding hydrogens is 346 g/mol. The van der Waals surface area contributed by atoms with Crippen molar-refractivity contribution in [3.8, 4) is 5.88 Å². The molecule has 27 heavy (non-hydrogen) atoms. The molecule has 0 saturated heterocycles. The molecule has 0 bridgehead atoms. The molecule has 144 valence electrons. The van der Waals surface area contributed by atoms with Crippen LogP contribution in [0.5, 0.6) is 5.88 Å². The van der Waals surface area contributed by atoms with Crippen LogP contribution in [0.4, 0.5) is 5.69 Å². The monoisotopic (exact) mass is 371 g/mol. The number of nitrogens with one attached hydrogen (secondary N) is 1. The molecule has 1 N–H and O–H groups in total. The van der Waals surface area contributed by atoms with Gasteiger partial charge in [0.05, 0.1) is 19.0 Å². The van der Waals surface area contributed by atoms with Crippen molar-refractivity contribution in [1.82, 2.24) is 9.88 Å². The van der Waals surface area contributed by atoms with Gasteiger partial charge in [0.2, 0.25) is 5.88 Å². The number of aromatic nitrogens is 1. The molecule has 1 aromatic heterocycles. The van der Waals surface area contributed by atoms with Gasteiger partial charge in [-0.25, -0.2) is 4.98 Å². The fraction of sp³-hybridized carbons (Fsp3) is 0.350. The maximum Gasteiger partial charge on any atom is 0.313 e. The van der Waals surface area contributed by atoms with E-state index in [0.29, 0.717) is 31.3 Å². The lowest BCUT2D eigenvalue weighted by molar-refractivity contribution is -0.143. The van der Waals surface area contributed by atoms with Gasteiger partial charge in [-0.15, -0.1) is 0 Å². The zero-order valence-electron chi connectivity index (χ0n) is 15.7. The molecule has 0 saturated carbocycles. The van der Waals surface area contributed by atoms with E-state index in [-0.39, 0.29) is 0 Å². The number of hydrogen-bond acceptors (Lipinski definition) is 5. The third-order valence-electron chi connectivity index (χ3n) is 3.93. The molecule has 7 heteroatoms. The third kappa shape index (κ3) is 6.71. The summed E-state index contributed by atoms with van der Waals surface area (Å²) in [6.07, 6.45) is 3.02. The number of unbranched alkanes of at least 4 members (excludes halogenated alkanes) is 1. The summed E-state index contributed by atoms with van der Waals surface area (Å²) in [6.45, 7) is 1.48. The van der Waals surface area contributed by atoms with Gasteiger partial charge >= 0.3 is 11.8 Å². The predicted octanol–water partition coefficient (Wildman–Crippen LogP) is 2.48. The number of methoxy groups -OCH3 is 2. The minimum absolute atomic E-state index is 0.376. The molecule has 0 aliphatic heterocycles. The second-order valence-electron chi connectivity index (χ2n) is 5.96. The number of amides is 2. The predicted molar refractivity (Wildman–Crippen MR) is 102 cm³/mol. The van der Waals surface area contributed by atoms with Crippen molar-refractivity contribution in [2.24, 2.45) is 0 Å². The Balaban J connectivity index is 2.02. The third-order valence-corrected chi connectivity index (χ3v) is 3.93. The minimum atomic E-state index is -0.690. The molecule has 7 nitrogen and oxygen atoms in total. The SMILES string of the molecule is COCCCCN(Cc1ccccc1)C(=O)C(=O)Nc1ccc(OC)nc1. The van der Waals surface area contributed by atoms with Crippen molar-refractivity contribution in [3.63, 3.8) is 0 Å². The van der Waals surface area contributed by atoms with Crippen LogP contribution in [0.1, 0.15) is 18.4 Å². The van der Waals surface area contributed by atoms with Gasteiger partial charge in [-0.2, -0.15) is 0 Å². The topological polar surface area (TPSA) is 80.8 Å². The molecular formula is C20H25N3O4. The summed E-state index contributed by atoms with van der Waals surface area (Å²) < 4.78 is 10.0. The summed E-state index contributed by atoms with van der Waals surface area (Å²) in [5.74, 6) is -0.833. The van der Waals surface area contributed by atoms with E-state index in [4.69, 9.17) is 9.47 Å². The van der Waals surface area contributed by atoms with Crippen molar-refractivity contribution < 1.29 is 19.1 Å². The zero-order valence-corrected chi connectivity index (χ0v) is 15.7. The van der Waals surface area contributed by atoms with E-state index >= 15 is 0 Å². The van der Waals surface area contributed by atoms with Crippen LogP contribution in [0.15, 0.2) is 48.7 Å².